The molecule has 3 rings (SSSR count). The number of carbonyl (C=O) groups excluding carboxylic acids is 2. The normalized spacial score (nSPS) is 23.0. The third-order valence-electron chi connectivity index (χ3n) is 6.32. The van der Waals surface area contributed by atoms with Crippen molar-refractivity contribution in [2.45, 2.75) is 85.6 Å². The Morgan fingerprint density at radius 1 is 0.821 bits per heavy atom. The van der Waals surface area contributed by atoms with E-state index in [0.29, 0.717) is 0 Å². The van der Waals surface area contributed by atoms with Gasteiger partial charge in [-0.3, -0.25) is 14.5 Å². The summed E-state index contributed by atoms with van der Waals surface area (Å²) in [5.74, 6) is -0.169. The second-order valence-electron chi connectivity index (χ2n) is 11.6. The topological polar surface area (TPSA) is 37.4 Å². The second kappa shape index (κ2) is 6.30. The molecule has 1 aromatic rings. The van der Waals surface area contributed by atoms with Gasteiger partial charge in [0.1, 0.15) is 0 Å². The van der Waals surface area contributed by atoms with Crippen LogP contribution in [0.3, 0.4) is 0 Å². The van der Waals surface area contributed by atoms with E-state index in [0.717, 1.165) is 6.42 Å². The fourth-order valence-corrected chi connectivity index (χ4v) is 4.62. The fraction of sp³-hybridized carbons (Fsp3) is 0.600. The van der Waals surface area contributed by atoms with Crippen molar-refractivity contribution in [3.8, 4) is 0 Å². The summed E-state index contributed by atoms with van der Waals surface area (Å²) in [6.07, 6.45) is 3.73. The van der Waals surface area contributed by atoms with Gasteiger partial charge in [0.15, 0.2) is 0 Å². The Morgan fingerprint density at radius 3 is 1.79 bits per heavy atom. The van der Waals surface area contributed by atoms with Crippen LogP contribution in [0, 0.1) is 11.3 Å². The highest BCUT2D eigenvalue weighted by Gasteiger charge is 2.48. The van der Waals surface area contributed by atoms with Crippen molar-refractivity contribution in [3.05, 3.63) is 46.5 Å². The summed E-state index contributed by atoms with van der Waals surface area (Å²) >= 11 is 0. The Bertz CT molecular complexity index is 838. The lowest BCUT2D eigenvalue weighted by molar-refractivity contribution is -0.141. The summed E-state index contributed by atoms with van der Waals surface area (Å²) in [5, 5.41) is 0. The van der Waals surface area contributed by atoms with Crippen molar-refractivity contribution in [2.75, 3.05) is 0 Å². The standard InChI is InChI=1S/C25H35NO2/c1-23(2,3)15-12-17-16(18(13-15)24(4,5)6)14-19(25(7,8)9)22(17)26-20(27)10-11-21(26)28/h10-13,19,22H,14H2,1-9H3/t19-,22-/m1/s1. The first kappa shape index (κ1) is 20.8. The molecule has 28 heavy (non-hydrogen) atoms. The quantitative estimate of drug-likeness (QED) is 0.605. The summed E-state index contributed by atoms with van der Waals surface area (Å²) in [7, 11) is 0. The SMILES string of the molecule is CC(C)(C)c1cc2c(c(C(C)(C)C)c1)C[C@@H](C(C)(C)C)[C@@H]2N1C(=O)C=CC1=O. The maximum atomic E-state index is 12.6. The maximum Gasteiger partial charge on any atom is 0.254 e. The summed E-state index contributed by atoms with van der Waals surface area (Å²) in [4.78, 5) is 26.8. The Labute approximate surface area is 170 Å². The summed E-state index contributed by atoms with van der Waals surface area (Å²) < 4.78 is 0. The van der Waals surface area contributed by atoms with Gasteiger partial charge in [-0.15, -0.1) is 0 Å². The molecular weight excluding hydrogens is 346 g/mol. The number of carbonyl (C=O) groups is 2. The maximum absolute atomic E-state index is 12.6. The molecule has 1 aliphatic carbocycles. The first-order chi connectivity index (χ1) is 12.6. The van der Waals surface area contributed by atoms with E-state index in [9.17, 15) is 9.59 Å². The highest BCUT2D eigenvalue weighted by atomic mass is 16.2. The van der Waals surface area contributed by atoms with Gasteiger partial charge in [0.25, 0.3) is 11.8 Å². The van der Waals surface area contributed by atoms with E-state index in [1.807, 2.05) is 0 Å². The van der Waals surface area contributed by atoms with Crippen molar-refractivity contribution in [2.24, 2.45) is 11.3 Å². The van der Waals surface area contributed by atoms with Crippen LogP contribution in [-0.2, 0) is 26.8 Å². The molecule has 0 saturated heterocycles. The molecule has 0 unspecified atom stereocenters. The van der Waals surface area contributed by atoms with Gasteiger partial charge < -0.3 is 0 Å². The molecule has 2 atom stereocenters. The van der Waals surface area contributed by atoms with Crippen LogP contribution in [0.1, 0.15) is 90.6 Å². The van der Waals surface area contributed by atoms with Gasteiger partial charge in [-0.2, -0.15) is 0 Å². The first-order valence-electron chi connectivity index (χ1n) is 10.4. The smallest absolute Gasteiger partial charge is 0.254 e. The van der Waals surface area contributed by atoms with Crippen LogP contribution in [0.4, 0.5) is 0 Å². The van der Waals surface area contributed by atoms with Crippen LogP contribution in [0.25, 0.3) is 0 Å². The highest BCUT2D eigenvalue weighted by Crippen LogP contribution is 2.52. The zero-order chi connectivity index (χ0) is 21.2. The monoisotopic (exact) mass is 381 g/mol. The van der Waals surface area contributed by atoms with Crippen LogP contribution in [0.2, 0.25) is 0 Å². The Balaban J connectivity index is 2.29. The number of fused-ring (bicyclic) bond motifs is 1. The Morgan fingerprint density at radius 2 is 1.36 bits per heavy atom. The van der Waals surface area contributed by atoms with E-state index in [-0.39, 0.29) is 40.0 Å². The summed E-state index contributed by atoms with van der Waals surface area (Å²) in [6, 6.07) is 4.42. The predicted octanol–water partition coefficient (Wildman–Crippen LogP) is 5.47. The summed E-state index contributed by atoms with van der Waals surface area (Å²) in [6.45, 7) is 20.1. The highest BCUT2D eigenvalue weighted by molar-refractivity contribution is 6.13. The van der Waals surface area contributed by atoms with E-state index in [1.165, 1.54) is 39.3 Å². The fourth-order valence-electron chi connectivity index (χ4n) is 4.62. The molecule has 152 valence electrons. The number of benzene rings is 1. The molecule has 0 spiro atoms. The predicted molar refractivity (Wildman–Crippen MR) is 114 cm³/mol. The number of rotatable bonds is 1. The van der Waals surface area contributed by atoms with Gasteiger partial charge in [0.05, 0.1) is 6.04 Å². The largest absolute Gasteiger partial charge is 0.269 e. The van der Waals surface area contributed by atoms with Gasteiger partial charge in [0.2, 0.25) is 0 Å². The van der Waals surface area contributed by atoms with Crippen LogP contribution >= 0.6 is 0 Å². The van der Waals surface area contributed by atoms with E-state index in [2.05, 4.69) is 74.4 Å². The van der Waals surface area contributed by atoms with Gasteiger partial charge >= 0.3 is 0 Å². The Hall–Kier alpha value is -1.90. The lowest BCUT2D eigenvalue weighted by Gasteiger charge is -2.37. The third-order valence-corrected chi connectivity index (χ3v) is 6.32. The van der Waals surface area contributed by atoms with Gasteiger partial charge in [0, 0.05) is 12.2 Å². The number of hydrogen-bond acceptors (Lipinski definition) is 2. The molecule has 2 aliphatic rings. The van der Waals surface area contributed by atoms with E-state index in [4.69, 9.17) is 0 Å². The number of imide groups is 1. The van der Waals surface area contributed by atoms with Crippen LogP contribution in [0.5, 0.6) is 0 Å². The van der Waals surface area contributed by atoms with E-state index in [1.54, 1.807) is 0 Å². The van der Waals surface area contributed by atoms with Crippen molar-refractivity contribution in [3.63, 3.8) is 0 Å². The number of nitrogens with zero attached hydrogens (tertiary/aromatic N) is 1. The molecule has 0 radical (unpaired) electrons. The lowest BCUT2D eigenvalue weighted by atomic mass is 9.75. The zero-order valence-electron chi connectivity index (χ0n) is 18.9. The molecule has 0 bridgehead atoms. The number of hydrogen-bond donors (Lipinski definition) is 0. The van der Waals surface area contributed by atoms with Crippen molar-refractivity contribution in [1.82, 2.24) is 4.90 Å². The lowest BCUT2D eigenvalue weighted by Crippen LogP contribution is -2.40. The zero-order valence-corrected chi connectivity index (χ0v) is 18.9. The molecule has 1 heterocycles. The van der Waals surface area contributed by atoms with Gasteiger partial charge in [-0.25, -0.2) is 0 Å². The van der Waals surface area contributed by atoms with Crippen molar-refractivity contribution >= 4 is 11.8 Å². The average Bonchev–Trinajstić information content (AvgIpc) is 3.04. The minimum Gasteiger partial charge on any atom is -0.269 e. The molecule has 1 aromatic carbocycles. The minimum absolute atomic E-state index is 0.0000548. The van der Waals surface area contributed by atoms with Crippen molar-refractivity contribution in [1.29, 1.82) is 0 Å². The molecule has 0 fully saturated rings. The molecule has 2 amide bonds. The van der Waals surface area contributed by atoms with Crippen LogP contribution in [0.15, 0.2) is 24.3 Å². The molecule has 3 heteroatoms. The average molecular weight is 382 g/mol. The molecule has 1 aliphatic heterocycles. The van der Waals surface area contributed by atoms with Gasteiger partial charge in [-0.1, -0.05) is 74.4 Å². The van der Waals surface area contributed by atoms with Crippen LogP contribution in [-0.4, -0.2) is 16.7 Å². The van der Waals surface area contributed by atoms with E-state index < -0.39 is 0 Å². The van der Waals surface area contributed by atoms with E-state index >= 15 is 0 Å². The summed E-state index contributed by atoms with van der Waals surface area (Å²) in [5.41, 5.74) is 5.09. The van der Waals surface area contributed by atoms with Gasteiger partial charge in [-0.05, 0) is 50.8 Å². The number of amides is 2. The third kappa shape index (κ3) is 3.44. The second-order valence-corrected chi connectivity index (χ2v) is 11.6. The van der Waals surface area contributed by atoms with Crippen LogP contribution < -0.4 is 0 Å². The molecule has 0 saturated carbocycles. The first-order valence-corrected chi connectivity index (χ1v) is 10.4. The van der Waals surface area contributed by atoms with Crippen molar-refractivity contribution < 1.29 is 9.59 Å². The minimum atomic E-state index is -0.201. The molecule has 0 aromatic heterocycles. The Kier molecular flexibility index (Phi) is 4.69. The molecule has 3 nitrogen and oxygen atoms in total. The molecular formula is C25H35NO2. The molecule has 0 N–H and O–H groups in total.